The summed E-state index contributed by atoms with van der Waals surface area (Å²) in [5.74, 6) is 0. The van der Waals surface area contributed by atoms with Gasteiger partial charge in [0, 0.05) is 4.88 Å². The van der Waals surface area contributed by atoms with Gasteiger partial charge in [-0.05, 0) is 44.3 Å². The van der Waals surface area contributed by atoms with Crippen LogP contribution in [0.1, 0.15) is 17.7 Å². The number of nitrogens with one attached hydrogen (secondary N) is 1. The van der Waals surface area contributed by atoms with Gasteiger partial charge in [-0.2, -0.15) is 0 Å². The largest absolute Gasteiger partial charge is 0.320 e. The van der Waals surface area contributed by atoms with Gasteiger partial charge in [-0.15, -0.1) is 11.3 Å². The molecule has 1 aromatic heterocycles. The van der Waals surface area contributed by atoms with Gasteiger partial charge in [0.15, 0.2) is 0 Å². The molecule has 0 bridgehead atoms. The molecule has 0 saturated heterocycles. The lowest BCUT2D eigenvalue weighted by Crippen LogP contribution is -2.07. The molecule has 12 heavy (non-hydrogen) atoms. The summed E-state index contributed by atoms with van der Waals surface area (Å²) in [7, 11) is 1.98. The van der Waals surface area contributed by atoms with E-state index in [4.69, 9.17) is 11.6 Å². The zero-order valence-electron chi connectivity index (χ0n) is 7.27. The number of hydrogen-bond donors (Lipinski definition) is 1. The summed E-state index contributed by atoms with van der Waals surface area (Å²) in [6, 6.07) is 1.97. The molecule has 1 N–H and O–H groups in total. The van der Waals surface area contributed by atoms with Crippen molar-refractivity contribution in [2.75, 3.05) is 13.6 Å². The van der Waals surface area contributed by atoms with E-state index in [-0.39, 0.29) is 0 Å². The second-order valence-electron chi connectivity index (χ2n) is 2.75. The Balaban J connectivity index is 2.20. The van der Waals surface area contributed by atoms with Crippen LogP contribution in [0.3, 0.4) is 0 Å². The third-order valence-corrected chi connectivity index (χ3v) is 3.22. The van der Waals surface area contributed by atoms with Gasteiger partial charge < -0.3 is 5.32 Å². The SMILES string of the molecule is CNCCCCc1sccc1Cl. The number of hydrogen-bond acceptors (Lipinski definition) is 2. The van der Waals surface area contributed by atoms with Gasteiger partial charge in [0.2, 0.25) is 0 Å². The van der Waals surface area contributed by atoms with Gasteiger partial charge in [-0.25, -0.2) is 0 Å². The molecular formula is C9H14ClNS. The molecule has 0 spiro atoms. The van der Waals surface area contributed by atoms with Gasteiger partial charge in [0.1, 0.15) is 0 Å². The van der Waals surface area contributed by atoms with Crippen molar-refractivity contribution in [3.05, 3.63) is 21.3 Å². The monoisotopic (exact) mass is 203 g/mol. The number of unbranched alkanes of at least 4 members (excludes halogenated alkanes) is 1. The third kappa shape index (κ3) is 3.13. The Hall–Kier alpha value is -0.0500. The average molecular weight is 204 g/mol. The molecule has 3 heteroatoms. The molecule has 68 valence electrons. The summed E-state index contributed by atoms with van der Waals surface area (Å²) in [4.78, 5) is 1.33. The molecule has 0 saturated carbocycles. The van der Waals surface area contributed by atoms with Crippen molar-refractivity contribution in [3.8, 4) is 0 Å². The summed E-state index contributed by atoms with van der Waals surface area (Å²) in [5, 5.41) is 6.12. The maximum Gasteiger partial charge on any atom is 0.0544 e. The molecule has 0 unspecified atom stereocenters. The minimum atomic E-state index is 0.935. The summed E-state index contributed by atoms with van der Waals surface area (Å²) in [5.41, 5.74) is 0. The number of rotatable bonds is 5. The number of halogens is 1. The van der Waals surface area contributed by atoms with Crippen molar-refractivity contribution >= 4 is 22.9 Å². The number of aryl methyl sites for hydroxylation is 1. The van der Waals surface area contributed by atoms with Crippen molar-refractivity contribution in [1.29, 1.82) is 0 Å². The zero-order chi connectivity index (χ0) is 8.81. The third-order valence-electron chi connectivity index (χ3n) is 1.77. The Kier molecular flexibility index (Phi) is 4.66. The van der Waals surface area contributed by atoms with Crippen LogP contribution >= 0.6 is 22.9 Å². The highest BCUT2D eigenvalue weighted by atomic mass is 35.5. The molecule has 1 rings (SSSR count). The van der Waals surface area contributed by atoms with Gasteiger partial charge in [0.25, 0.3) is 0 Å². The van der Waals surface area contributed by atoms with Crippen molar-refractivity contribution in [2.24, 2.45) is 0 Å². The Morgan fingerprint density at radius 2 is 2.33 bits per heavy atom. The lowest BCUT2D eigenvalue weighted by molar-refractivity contribution is 0.680. The molecule has 0 atom stereocenters. The van der Waals surface area contributed by atoms with Crippen LogP contribution in [0.5, 0.6) is 0 Å². The highest BCUT2D eigenvalue weighted by Crippen LogP contribution is 2.23. The van der Waals surface area contributed by atoms with Crippen molar-refractivity contribution in [2.45, 2.75) is 19.3 Å². The molecule has 0 aliphatic heterocycles. The van der Waals surface area contributed by atoms with Crippen LogP contribution in [-0.2, 0) is 6.42 Å². The van der Waals surface area contributed by atoms with Crippen LogP contribution in [-0.4, -0.2) is 13.6 Å². The van der Waals surface area contributed by atoms with E-state index in [0.29, 0.717) is 0 Å². The molecule has 1 heterocycles. The van der Waals surface area contributed by atoms with Gasteiger partial charge in [-0.1, -0.05) is 11.6 Å². The summed E-state index contributed by atoms with van der Waals surface area (Å²) in [6.07, 6.45) is 3.57. The van der Waals surface area contributed by atoms with Crippen molar-refractivity contribution in [1.82, 2.24) is 5.32 Å². The summed E-state index contributed by atoms with van der Waals surface area (Å²) < 4.78 is 0. The fourth-order valence-corrected chi connectivity index (χ4v) is 2.27. The van der Waals surface area contributed by atoms with Gasteiger partial charge in [0.05, 0.1) is 5.02 Å². The van der Waals surface area contributed by atoms with Crippen LogP contribution in [0.2, 0.25) is 5.02 Å². The van der Waals surface area contributed by atoms with E-state index in [1.54, 1.807) is 11.3 Å². The molecule has 0 aliphatic carbocycles. The maximum absolute atomic E-state index is 5.95. The highest BCUT2D eigenvalue weighted by Gasteiger charge is 1.99. The molecule has 1 aromatic rings. The first kappa shape index (κ1) is 10.0. The highest BCUT2D eigenvalue weighted by molar-refractivity contribution is 7.10. The van der Waals surface area contributed by atoms with Gasteiger partial charge in [-0.3, -0.25) is 0 Å². The Bertz CT molecular complexity index is 222. The summed E-state index contributed by atoms with van der Waals surface area (Å²) in [6.45, 7) is 1.10. The lowest BCUT2D eigenvalue weighted by atomic mass is 10.2. The van der Waals surface area contributed by atoms with E-state index in [1.165, 1.54) is 17.7 Å². The minimum absolute atomic E-state index is 0.935. The van der Waals surface area contributed by atoms with Crippen molar-refractivity contribution < 1.29 is 0 Å². The predicted octanol–water partition coefficient (Wildman–Crippen LogP) is 2.94. The molecule has 0 fully saturated rings. The zero-order valence-corrected chi connectivity index (χ0v) is 8.84. The summed E-state index contributed by atoms with van der Waals surface area (Å²) >= 11 is 7.70. The van der Waals surface area contributed by atoms with Crippen LogP contribution in [0.25, 0.3) is 0 Å². The van der Waals surface area contributed by atoms with E-state index in [2.05, 4.69) is 10.7 Å². The fraction of sp³-hybridized carbons (Fsp3) is 0.556. The van der Waals surface area contributed by atoms with E-state index in [9.17, 15) is 0 Å². The average Bonchev–Trinajstić information content (AvgIpc) is 2.46. The van der Waals surface area contributed by atoms with Crippen LogP contribution in [0.4, 0.5) is 0 Å². The topological polar surface area (TPSA) is 12.0 Å². The molecule has 0 aromatic carbocycles. The molecular weight excluding hydrogens is 190 g/mol. The quantitative estimate of drug-likeness (QED) is 0.726. The molecule has 1 nitrogen and oxygen atoms in total. The first-order valence-corrected chi connectivity index (χ1v) is 5.47. The van der Waals surface area contributed by atoms with E-state index < -0.39 is 0 Å². The lowest BCUT2D eigenvalue weighted by Gasteiger charge is -1.98. The predicted molar refractivity (Wildman–Crippen MR) is 56.2 cm³/mol. The molecule has 0 radical (unpaired) electrons. The normalized spacial score (nSPS) is 10.5. The first-order valence-electron chi connectivity index (χ1n) is 4.21. The van der Waals surface area contributed by atoms with E-state index in [0.717, 1.165) is 18.0 Å². The van der Waals surface area contributed by atoms with E-state index >= 15 is 0 Å². The van der Waals surface area contributed by atoms with E-state index in [1.807, 2.05) is 13.1 Å². The van der Waals surface area contributed by atoms with Crippen LogP contribution in [0.15, 0.2) is 11.4 Å². The fourth-order valence-electron chi connectivity index (χ4n) is 1.09. The maximum atomic E-state index is 5.95. The minimum Gasteiger partial charge on any atom is -0.320 e. The Labute approximate surface area is 82.7 Å². The smallest absolute Gasteiger partial charge is 0.0544 e. The second-order valence-corrected chi connectivity index (χ2v) is 4.16. The Morgan fingerprint density at radius 3 is 2.92 bits per heavy atom. The van der Waals surface area contributed by atoms with Crippen LogP contribution in [0, 0.1) is 0 Å². The Morgan fingerprint density at radius 1 is 1.50 bits per heavy atom. The molecule has 0 aliphatic rings. The standard InChI is InChI=1S/C9H14ClNS/c1-11-6-3-2-4-9-8(10)5-7-12-9/h5,7,11H,2-4,6H2,1H3. The van der Waals surface area contributed by atoms with Gasteiger partial charge >= 0.3 is 0 Å². The second kappa shape index (κ2) is 5.57. The van der Waals surface area contributed by atoms with Crippen LogP contribution < -0.4 is 5.32 Å². The first-order chi connectivity index (χ1) is 5.84. The molecule has 0 amide bonds. The number of thiophene rings is 1. The van der Waals surface area contributed by atoms with Crippen molar-refractivity contribution in [3.63, 3.8) is 0 Å².